The van der Waals surface area contributed by atoms with E-state index in [1.54, 1.807) is 17.1 Å². The lowest BCUT2D eigenvalue weighted by molar-refractivity contribution is -0.144. The van der Waals surface area contributed by atoms with Crippen molar-refractivity contribution in [2.75, 3.05) is 13.1 Å². The first-order valence-corrected chi connectivity index (χ1v) is 7.25. The van der Waals surface area contributed by atoms with E-state index >= 15 is 0 Å². The minimum atomic E-state index is -0.756. The minimum Gasteiger partial charge on any atom is -0.481 e. The molecule has 3 N–H and O–H groups in total. The molecule has 8 nitrogen and oxygen atoms in total. The number of hydrogen-bond acceptors (Lipinski definition) is 4. The normalized spacial score (nSPS) is 21.7. The van der Waals surface area contributed by atoms with Gasteiger partial charge in [-0.15, -0.1) is 5.10 Å². The van der Waals surface area contributed by atoms with E-state index < -0.39 is 5.97 Å². The third-order valence-electron chi connectivity index (χ3n) is 3.85. The van der Waals surface area contributed by atoms with Crippen molar-refractivity contribution in [3.05, 3.63) is 12.4 Å². The van der Waals surface area contributed by atoms with E-state index in [1.165, 1.54) is 0 Å². The maximum absolute atomic E-state index is 11.7. The number of carboxylic acids is 1. The van der Waals surface area contributed by atoms with Crippen molar-refractivity contribution in [1.82, 2.24) is 25.6 Å². The summed E-state index contributed by atoms with van der Waals surface area (Å²) in [5.74, 6) is -1.07. The molecule has 1 saturated carbocycles. The van der Waals surface area contributed by atoms with Crippen LogP contribution in [0.1, 0.15) is 25.7 Å². The molecule has 2 amide bonds. The molecule has 2 atom stereocenters. The summed E-state index contributed by atoms with van der Waals surface area (Å²) in [6.45, 7) is 1.41. The van der Waals surface area contributed by atoms with Gasteiger partial charge in [0.2, 0.25) is 0 Å². The van der Waals surface area contributed by atoms with Crippen molar-refractivity contribution < 1.29 is 14.7 Å². The minimum absolute atomic E-state index is 0.0253. The van der Waals surface area contributed by atoms with Gasteiger partial charge in [0.25, 0.3) is 0 Å². The smallest absolute Gasteiger partial charge is 0.314 e. The Morgan fingerprint density at radius 3 is 2.81 bits per heavy atom. The molecular formula is C13H21N5O3. The second-order valence-corrected chi connectivity index (χ2v) is 5.29. The van der Waals surface area contributed by atoms with Crippen LogP contribution >= 0.6 is 0 Å². The number of aromatic nitrogens is 3. The first kappa shape index (κ1) is 15.3. The molecule has 0 bridgehead atoms. The number of rotatable bonds is 6. The van der Waals surface area contributed by atoms with Gasteiger partial charge >= 0.3 is 12.0 Å². The Balaban J connectivity index is 1.66. The van der Waals surface area contributed by atoms with Gasteiger partial charge in [0.1, 0.15) is 0 Å². The molecule has 0 aromatic carbocycles. The fraction of sp³-hybridized carbons (Fsp3) is 0.692. The van der Waals surface area contributed by atoms with Gasteiger partial charge in [0.05, 0.1) is 18.7 Å². The van der Waals surface area contributed by atoms with Gasteiger partial charge in [-0.1, -0.05) is 18.1 Å². The van der Waals surface area contributed by atoms with Crippen LogP contribution < -0.4 is 10.6 Å². The van der Waals surface area contributed by atoms with Gasteiger partial charge in [-0.05, 0) is 18.8 Å². The Morgan fingerprint density at radius 2 is 2.10 bits per heavy atom. The number of carbonyl (C=O) groups excluding carboxylic acids is 1. The van der Waals surface area contributed by atoms with Crippen LogP contribution in [0.4, 0.5) is 4.79 Å². The zero-order valence-electron chi connectivity index (χ0n) is 11.9. The monoisotopic (exact) mass is 295 g/mol. The highest BCUT2D eigenvalue weighted by molar-refractivity contribution is 5.74. The van der Waals surface area contributed by atoms with Crippen LogP contribution in [0.15, 0.2) is 12.4 Å². The maximum Gasteiger partial charge on any atom is 0.314 e. The number of carboxylic acid groups (broad SMARTS) is 1. The second-order valence-electron chi connectivity index (χ2n) is 5.29. The van der Waals surface area contributed by atoms with Gasteiger partial charge in [0, 0.05) is 19.3 Å². The molecule has 2 unspecified atom stereocenters. The molecule has 1 aliphatic carbocycles. The molecule has 1 heterocycles. The molecule has 0 aliphatic heterocycles. The predicted octanol–water partition coefficient (Wildman–Crippen LogP) is 0.468. The van der Waals surface area contributed by atoms with Gasteiger partial charge in [0.15, 0.2) is 0 Å². The molecule has 21 heavy (non-hydrogen) atoms. The number of carbonyl (C=O) groups is 2. The summed E-state index contributed by atoms with van der Waals surface area (Å²) in [7, 11) is 0. The molecular weight excluding hydrogens is 274 g/mol. The Labute approximate surface area is 122 Å². The summed E-state index contributed by atoms with van der Waals surface area (Å²) in [4.78, 5) is 22.8. The van der Waals surface area contributed by atoms with Crippen molar-refractivity contribution in [1.29, 1.82) is 0 Å². The first-order chi connectivity index (χ1) is 10.2. The highest BCUT2D eigenvalue weighted by Crippen LogP contribution is 2.29. The molecule has 0 spiro atoms. The molecule has 1 fully saturated rings. The average Bonchev–Trinajstić information content (AvgIpc) is 2.98. The van der Waals surface area contributed by atoms with Gasteiger partial charge < -0.3 is 15.7 Å². The summed E-state index contributed by atoms with van der Waals surface area (Å²) in [6, 6.07) is -0.273. The number of nitrogens with one attached hydrogen (secondary N) is 2. The SMILES string of the molecule is O=C(NCCn1ccnn1)NCC1CCCCC1C(=O)O. The molecule has 8 heteroatoms. The summed E-state index contributed by atoms with van der Waals surface area (Å²) in [6.07, 6.45) is 6.85. The van der Waals surface area contributed by atoms with Crippen LogP contribution in [0.2, 0.25) is 0 Å². The largest absolute Gasteiger partial charge is 0.481 e. The number of hydrogen-bond donors (Lipinski definition) is 3. The predicted molar refractivity (Wildman–Crippen MR) is 74.5 cm³/mol. The van der Waals surface area contributed by atoms with Crippen LogP contribution in [0.5, 0.6) is 0 Å². The molecule has 0 saturated heterocycles. The number of urea groups is 1. The number of amides is 2. The third kappa shape index (κ3) is 4.73. The standard InChI is InChI=1S/C13H21N5O3/c19-12(20)11-4-2-1-3-10(11)9-15-13(21)14-5-7-18-8-6-16-17-18/h6,8,10-11H,1-5,7,9H2,(H,19,20)(H2,14,15,21). The number of aliphatic carboxylic acids is 1. The van der Waals surface area contributed by atoms with Crippen LogP contribution in [-0.2, 0) is 11.3 Å². The van der Waals surface area contributed by atoms with Crippen molar-refractivity contribution in [2.24, 2.45) is 11.8 Å². The fourth-order valence-electron chi connectivity index (χ4n) is 2.70. The lowest BCUT2D eigenvalue weighted by Gasteiger charge is -2.28. The topological polar surface area (TPSA) is 109 Å². The van der Waals surface area contributed by atoms with E-state index in [0.29, 0.717) is 26.1 Å². The van der Waals surface area contributed by atoms with Crippen molar-refractivity contribution >= 4 is 12.0 Å². The average molecular weight is 295 g/mol. The zero-order chi connectivity index (χ0) is 15.1. The summed E-state index contributed by atoms with van der Waals surface area (Å²) >= 11 is 0. The Hall–Kier alpha value is -2.12. The van der Waals surface area contributed by atoms with E-state index in [1.807, 2.05) is 0 Å². The van der Waals surface area contributed by atoms with Crippen molar-refractivity contribution in [3.8, 4) is 0 Å². The summed E-state index contributed by atoms with van der Waals surface area (Å²) < 4.78 is 1.63. The first-order valence-electron chi connectivity index (χ1n) is 7.25. The second kappa shape index (κ2) is 7.61. The summed E-state index contributed by atoms with van der Waals surface area (Å²) in [5, 5.41) is 22.1. The highest BCUT2D eigenvalue weighted by Gasteiger charge is 2.30. The maximum atomic E-state index is 11.7. The lowest BCUT2D eigenvalue weighted by Crippen LogP contribution is -2.42. The number of nitrogens with zero attached hydrogens (tertiary/aromatic N) is 3. The zero-order valence-corrected chi connectivity index (χ0v) is 11.9. The van der Waals surface area contributed by atoms with Crippen LogP contribution in [-0.4, -0.2) is 45.2 Å². The van der Waals surface area contributed by atoms with Crippen LogP contribution in [0.25, 0.3) is 0 Å². The van der Waals surface area contributed by atoms with E-state index in [4.69, 9.17) is 0 Å². The van der Waals surface area contributed by atoms with E-state index in [-0.39, 0.29) is 17.9 Å². The lowest BCUT2D eigenvalue weighted by atomic mass is 9.79. The Bertz CT molecular complexity index is 462. The molecule has 1 aromatic rings. The van der Waals surface area contributed by atoms with Crippen LogP contribution in [0.3, 0.4) is 0 Å². The van der Waals surface area contributed by atoms with E-state index in [2.05, 4.69) is 20.9 Å². The van der Waals surface area contributed by atoms with Crippen molar-refractivity contribution in [3.63, 3.8) is 0 Å². The van der Waals surface area contributed by atoms with E-state index in [0.717, 1.165) is 19.3 Å². The Kier molecular flexibility index (Phi) is 5.53. The van der Waals surface area contributed by atoms with E-state index in [9.17, 15) is 14.7 Å². The Morgan fingerprint density at radius 1 is 1.29 bits per heavy atom. The molecule has 1 aliphatic rings. The van der Waals surface area contributed by atoms with Gasteiger partial charge in [-0.25, -0.2) is 4.79 Å². The quantitative estimate of drug-likeness (QED) is 0.706. The molecule has 116 valence electrons. The fourth-order valence-corrected chi connectivity index (χ4v) is 2.70. The van der Waals surface area contributed by atoms with Gasteiger partial charge in [-0.3, -0.25) is 9.48 Å². The van der Waals surface area contributed by atoms with Crippen LogP contribution in [0, 0.1) is 11.8 Å². The molecule has 0 radical (unpaired) electrons. The summed E-state index contributed by atoms with van der Waals surface area (Å²) in [5.41, 5.74) is 0. The highest BCUT2D eigenvalue weighted by atomic mass is 16.4. The third-order valence-corrected chi connectivity index (χ3v) is 3.85. The van der Waals surface area contributed by atoms with Gasteiger partial charge in [-0.2, -0.15) is 0 Å². The molecule has 1 aromatic heterocycles. The molecule has 2 rings (SSSR count). The van der Waals surface area contributed by atoms with Crippen molar-refractivity contribution in [2.45, 2.75) is 32.2 Å².